The highest BCUT2D eigenvalue weighted by molar-refractivity contribution is 14.1. The number of nitrogens with zero attached hydrogens (tertiary/aromatic N) is 1. The van der Waals surface area contributed by atoms with E-state index in [1.54, 1.807) is 6.07 Å². The summed E-state index contributed by atoms with van der Waals surface area (Å²) in [4.78, 5) is 10.3. The number of hydrazone groups is 1. The smallest absolute Gasteiger partial charge is 0.332 e. The number of amides is 2. The number of carbonyl (C=O) groups is 1. The van der Waals surface area contributed by atoms with Crippen molar-refractivity contribution in [2.24, 2.45) is 10.8 Å². The molecule has 0 aliphatic heterocycles. The third kappa shape index (κ3) is 3.29. The van der Waals surface area contributed by atoms with E-state index in [0.717, 1.165) is 0 Å². The van der Waals surface area contributed by atoms with Gasteiger partial charge in [-0.25, -0.2) is 14.6 Å². The third-order valence-corrected chi connectivity index (χ3v) is 2.28. The van der Waals surface area contributed by atoms with Gasteiger partial charge in [-0.05, 0) is 40.8 Å². The van der Waals surface area contributed by atoms with Crippen LogP contribution in [0.4, 0.5) is 9.18 Å². The summed E-state index contributed by atoms with van der Waals surface area (Å²) >= 11 is 1.97. The first-order valence-corrected chi connectivity index (χ1v) is 4.71. The molecule has 0 aliphatic rings. The molecule has 74 valence electrons. The normalized spacial score (nSPS) is 10.4. The molecule has 0 aliphatic carbocycles. The van der Waals surface area contributed by atoms with Gasteiger partial charge in [-0.1, -0.05) is 0 Å². The zero-order chi connectivity index (χ0) is 10.6. The Morgan fingerprint density at radius 3 is 2.93 bits per heavy atom. The van der Waals surface area contributed by atoms with Gasteiger partial charge in [-0.2, -0.15) is 5.10 Å². The van der Waals surface area contributed by atoms with E-state index in [0.29, 0.717) is 9.13 Å². The van der Waals surface area contributed by atoms with E-state index in [2.05, 4.69) is 5.10 Å². The molecule has 3 N–H and O–H groups in total. The summed E-state index contributed by atoms with van der Waals surface area (Å²) < 4.78 is 13.4. The molecule has 14 heavy (non-hydrogen) atoms. The van der Waals surface area contributed by atoms with Gasteiger partial charge in [0.1, 0.15) is 5.82 Å². The predicted molar refractivity (Wildman–Crippen MR) is 59.4 cm³/mol. The van der Waals surface area contributed by atoms with Crippen LogP contribution < -0.4 is 11.2 Å². The van der Waals surface area contributed by atoms with Crippen molar-refractivity contribution in [1.29, 1.82) is 0 Å². The number of carbonyl (C=O) groups excluding carboxylic acids is 1. The lowest BCUT2D eigenvalue weighted by atomic mass is 10.2. The number of hydrogen-bond acceptors (Lipinski definition) is 2. The SMILES string of the molecule is NC(=O)NN=Cc1ccc(F)cc1I. The summed E-state index contributed by atoms with van der Waals surface area (Å²) in [5.41, 5.74) is 7.55. The quantitative estimate of drug-likeness (QED) is 0.484. The van der Waals surface area contributed by atoms with E-state index in [4.69, 9.17) is 5.73 Å². The molecule has 4 nitrogen and oxygen atoms in total. The van der Waals surface area contributed by atoms with Gasteiger partial charge in [0.25, 0.3) is 0 Å². The number of urea groups is 1. The minimum Gasteiger partial charge on any atom is -0.350 e. The molecule has 0 atom stereocenters. The fraction of sp³-hybridized carbons (Fsp3) is 0. The number of primary amides is 1. The van der Waals surface area contributed by atoms with Crippen LogP contribution in [0.3, 0.4) is 0 Å². The fourth-order valence-electron chi connectivity index (χ4n) is 0.772. The maximum Gasteiger partial charge on any atom is 0.332 e. The molecule has 0 saturated heterocycles. The monoisotopic (exact) mass is 307 g/mol. The van der Waals surface area contributed by atoms with Crippen LogP contribution in [0.5, 0.6) is 0 Å². The molecule has 2 amide bonds. The molecule has 1 aromatic carbocycles. The van der Waals surface area contributed by atoms with Gasteiger partial charge in [0.15, 0.2) is 0 Å². The van der Waals surface area contributed by atoms with E-state index in [9.17, 15) is 9.18 Å². The van der Waals surface area contributed by atoms with Crippen LogP contribution in [0, 0.1) is 9.39 Å². The van der Waals surface area contributed by atoms with Gasteiger partial charge < -0.3 is 5.73 Å². The van der Waals surface area contributed by atoms with Crippen LogP contribution in [0.15, 0.2) is 23.3 Å². The second-order valence-corrected chi connectivity index (χ2v) is 3.56. The summed E-state index contributed by atoms with van der Waals surface area (Å²) in [6.45, 7) is 0. The van der Waals surface area contributed by atoms with Gasteiger partial charge >= 0.3 is 6.03 Å². The Bertz CT molecular complexity index is 381. The van der Waals surface area contributed by atoms with E-state index < -0.39 is 6.03 Å². The van der Waals surface area contributed by atoms with Gasteiger partial charge in [0, 0.05) is 9.13 Å². The molecule has 0 unspecified atom stereocenters. The average Bonchev–Trinajstić information content (AvgIpc) is 2.08. The summed E-state index contributed by atoms with van der Waals surface area (Å²) in [6, 6.07) is 3.50. The standard InChI is InChI=1S/C8H7FIN3O/c9-6-2-1-5(7(10)3-6)4-12-13-8(11)14/h1-4H,(H3,11,13,14). The molecule has 0 spiro atoms. The first-order valence-electron chi connectivity index (χ1n) is 3.63. The minimum absolute atomic E-state index is 0.311. The molecule has 0 aromatic heterocycles. The van der Waals surface area contributed by atoms with Crippen LogP contribution in [-0.2, 0) is 0 Å². The minimum atomic E-state index is -0.738. The highest BCUT2D eigenvalue weighted by atomic mass is 127. The van der Waals surface area contributed by atoms with Crippen molar-refractivity contribution in [2.45, 2.75) is 0 Å². The summed E-state index contributed by atoms with van der Waals surface area (Å²) in [5.74, 6) is -0.311. The zero-order valence-corrected chi connectivity index (χ0v) is 9.16. The Kier molecular flexibility index (Phi) is 3.81. The second kappa shape index (κ2) is 4.89. The fourth-order valence-corrected chi connectivity index (χ4v) is 1.39. The van der Waals surface area contributed by atoms with E-state index in [1.807, 2.05) is 28.0 Å². The van der Waals surface area contributed by atoms with Crippen molar-refractivity contribution < 1.29 is 9.18 Å². The lowest BCUT2D eigenvalue weighted by molar-refractivity contribution is 0.249. The highest BCUT2D eigenvalue weighted by Crippen LogP contribution is 2.11. The maximum atomic E-state index is 12.7. The number of nitrogens with two attached hydrogens (primary N) is 1. The summed E-state index contributed by atoms with van der Waals surface area (Å²) in [5, 5.41) is 3.55. The number of rotatable bonds is 2. The maximum absolute atomic E-state index is 12.7. The Balaban J connectivity index is 2.76. The molecule has 1 rings (SSSR count). The molecule has 0 bridgehead atoms. The lowest BCUT2D eigenvalue weighted by Crippen LogP contribution is -2.24. The van der Waals surface area contributed by atoms with Crippen molar-refractivity contribution >= 4 is 34.8 Å². The Labute approximate surface area is 93.5 Å². The van der Waals surface area contributed by atoms with Crippen LogP contribution in [0.2, 0.25) is 0 Å². The number of halogens is 2. The van der Waals surface area contributed by atoms with Crippen molar-refractivity contribution in [3.63, 3.8) is 0 Å². The summed E-state index contributed by atoms with van der Waals surface area (Å²) in [6.07, 6.45) is 1.39. The number of hydrogen-bond donors (Lipinski definition) is 2. The van der Waals surface area contributed by atoms with E-state index >= 15 is 0 Å². The van der Waals surface area contributed by atoms with E-state index in [1.165, 1.54) is 18.3 Å². The second-order valence-electron chi connectivity index (χ2n) is 2.40. The van der Waals surface area contributed by atoms with Crippen molar-refractivity contribution in [3.05, 3.63) is 33.1 Å². The van der Waals surface area contributed by atoms with Gasteiger partial charge in [0.2, 0.25) is 0 Å². The van der Waals surface area contributed by atoms with Crippen LogP contribution in [-0.4, -0.2) is 12.2 Å². The largest absolute Gasteiger partial charge is 0.350 e. The molecule has 6 heteroatoms. The first-order chi connectivity index (χ1) is 6.59. The third-order valence-electron chi connectivity index (χ3n) is 1.34. The van der Waals surface area contributed by atoms with Gasteiger partial charge in [0.05, 0.1) is 6.21 Å². The average molecular weight is 307 g/mol. The molecule has 0 fully saturated rings. The molecular formula is C8H7FIN3O. The van der Waals surface area contributed by atoms with Crippen LogP contribution in [0.1, 0.15) is 5.56 Å². The topological polar surface area (TPSA) is 67.5 Å². The van der Waals surface area contributed by atoms with Crippen LogP contribution >= 0.6 is 22.6 Å². The van der Waals surface area contributed by atoms with Gasteiger partial charge in [-0.3, -0.25) is 0 Å². The van der Waals surface area contributed by atoms with E-state index in [-0.39, 0.29) is 5.82 Å². The van der Waals surface area contributed by atoms with Crippen LogP contribution in [0.25, 0.3) is 0 Å². The Morgan fingerprint density at radius 1 is 1.64 bits per heavy atom. The zero-order valence-electron chi connectivity index (χ0n) is 7.00. The number of benzene rings is 1. The molecular weight excluding hydrogens is 300 g/mol. The van der Waals surface area contributed by atoms with Crippen molar-refractivity contribution in [2.75, 3.05) is 0 Å². The highest BCUT2D eigenvalue weighted by Gasteiger charge is 1.98. The summed E-state index contributed by atoms with van der Waals surface area (Å²) in [7, 11) is 0. The van der Waals surface area contributed by atoms with Gasteiger partial charge in [-0.15, -0.1) is 0 Å². The first kappa shape index (κ1) is 10.9. The molecule has 0 heterocycles. The number of nitrogens with one attached hydrogen (secondary N) is 1. The molecule has 0 radical (unpaired) electrons. The van der Waals surface area contributed by atoms with Crippen molar-refractivity contribution in [3.8, 4) is 0 Å². The Morgan fingerprint density at radius 2 is 2.36 bits per heavy atom. The molecule has 1 aromatic rings. The van der Waals surface area contributed by atoms with Crippen molar-refractivity contribution in [1.82, 2.24) is 5.43 Å². The lowest BCUT2D eigenvalue weighted by Gasteiger charge is -1.97. The molecule has 0 saturated carbocycles. The predicted octanol–water partition coefficient (Wildman–Crippen LogP) is 1.43. The Hall–Kier alpha value is -1.18.